The third kappa shape index (κ3) is 9.45. The van der Waals surface area contributed by atoms with Crippen molar-refractivity contribution in [1.29, 1.82) is 0 Å². The number of ether oxygens (including phenoxy) is 2. The summed E-state index contributed by atoms with van der Waals surface area (Å²) in [5, 5.41) is -0.461. The Kier molecular flexibility index (Phi) is 9.70. The summed E-state index contributed by atoms with van der Waals surface area (Å²) in [6, 6.07) is 9.65. The van der Waals surface area contributed by atoms with Crippen LogP contribution in [0.2, 0.25) is 0 Å². The highest BCUT2D eigenvalue weighted by Gasteiger charge is 1.87. The van der Waals surface area contributed by atoms with Crippen LogP contribution in [0.25, 0.3) is 0 Å². The minimum absolute atomic E-state index is 0.00154. The van der Waals surface area contributed by atoms with Crippen molar-refractivity contribution in [2.45, 2.75) is 0 Å². The first-order chi connectivity index (χ1) is 7.70. The SMILES string of the molecule is COCC(=O)Cl.NCCOc1ccccc1. The topological polar surface area (TPSA) is 61.5 Å². The maximum Gasteiger partial charge on any atom is 0.247 e. The van der Waals surface area contributed by atoms with Crippen molar-refractivity contribution in [3.05, 3.63) is 30.3 Å². The summed E-state index contributed by atoms with van der Waals surface area (Å²) in [7, 11) is 1.42. The van der Waals surface area contributed by atoms with Crippen molar-refractivity contribution in [3.8, 4) is 5.75 Å². The van der Waals surface area contributed by atoms with Crippen LogP contribution in [0.3, 0.4) is 0 Å². The molecule has 0 atom stereocenters. The lowest BCUT2D eigenvalue weighted by Gasteiger charge is -2.01. The molecule has 0 aromatic heterocycles. The first kappa shape index (κ1) is 14.9. The molecule has 0 aliphatic rings. The van der Waals surface area contributed by atoms with E-state index in [2.05, 4.69) is 4.74 Å². The molecule has 1 rings (SSSR count). The van der Waals surface area contributed by atoms with Gasteiger partial charge in [0.2, 0.25) is 5.24 Å². The van der Waals surface area contributed by atoms with Crippen LogP contribution in [0, 0.1) is 0 Å². The van der Waals surface area contributed by atoms with Crippen molar-refractivity contribution in [2.24, 2.45) is 5.73 Å². The van der Waals surface area contributed by atoms with Crippen LogP contribution >= 0.6 is 11.6 Å². The number of carbonyl (C=O) groups is 1. The standard InChI is InChI=1S/C8H11NO.C3H5ClO2/c9-6-7-10-8-4-2-1-3-5-8;1-6-2-3(4)5/h1-5H,6-7,9H2;2H2,1H3. The van der Waals surface area contributed by atoms with Crippen LogP contribution < -0.4 is 10.5 Å². The van der Waals surface area contributed by atoms with Gasteiger partial charge in [0, 0.05) is 13.7 Å². The van der Waals surface area contributed by atoms with E-state index in [9.17, 15) is 4.79 Å². The fourth-order valence-corrected chi connectivity index (χ4v) is 0.916. The zero-order valence-corrected chi connectivity index (χ0v) is 9.94. The fraction of sp³-hybridized carbons (Fsp3) is 0.364. The van der Waals surface area contributed by atoms with Gasteiger partial charge in [0.15, 0.2) is 0 Å². The van der Waals surface area contributed by atoms with E-state index in [1.165, 1.54) is 7.11 Å². The summed E-state index contributed by atoms with van der Waals surface area (Å²) in [6.07, 6.45) is 0. The lowest BCUT2D eigenvalue weighted by Crippen LogP contribution is -2.10. The van der Waals surface area contributed by atoms with Crippen LogP contribution in [0.4, 0.5) is 0 Å². The van der Waals surface area contributed by atoms with Gasteiger partial charge in [-0.25, -0.2) is 0 Å². The Morgan fingerprint density at radius 2 is 2.00 bits per heavy atom. The van der Waals surface area contributed by atoms with E-state index in [1.54, 1.807) is 0 Å². The van der Waals surface area contributed by atoms with E-state index < -0.39 is 5.24 Å². The molecule has 0 unspecified atom stereocenters. The molecule has 0 saturated carbocycles. The smallest absolute Gasteiger partial charge is 0.247 e. The lowest BCUT2D eigenvalue weighted by molar-refractivity contribution is -0.114. The van der Waals surface area contributed by atoms with Crippen molar-refractivity contribution >= 4 is 16.8 Å². The van der Waals surface area contributed by atoms with Gasteiger partial charge in [-0.05, 0) is 23.7 Å². The molecule has 16 heavy (non-hydrogen) atoms. The highest BCUT2D eigenvalue weighted by Crippen LogP contribution is 2.06. The van der Waals surface area contributed by atoms with Gasteiger partial charge >= 0.3 is 0 Å². The molecule has 0 radical (unpaired) electrons. The summed E-state index contributed by atoms with van der Waals surface area (Å²) >= 11 is 4.81. The Morgan fingerprint density at radius 1 is 1.38 bits per heavy atom. The molecule has 0 saturated heterocycles. The van der Waals surface area contributed by atoms with Crippen LogP contribution in [0.1, 0.15) is 0 Å². The van der Waals surface area contributed by atoms with Crippen molar-refractivity contribution in [3.63, 3.8) is 0 Å². The Morgan fingerprint density at radius 3 is 2.38 bits per heavy atom. The van der Waals surface area contributed by atoms with Gasteiger partial charge in [-0.2, -0.15) is 0 Å². The van der Waals surface area contributed by atoms with Crippen molar-refractivity contribution in [2.75, 3.05) is 26.9 Å². The van der Waals surface area contributed by atoms with E-state index in [4.69, 9.17) is 22.1 Å². The third-order valence-electron chi connectivity index (χ3n) is 1.39. The van der Waals surface area contributed by atoms with E-state index in [0.717, 1.165) is 5.75 Å². The number of para-hydroxylation sites is 1. The number of hydrogen-bond acceptors (Lipinski definition) is 4. The average Bonchev–Trinajstić information content (AvgIpc) is 2.28. The molecule has 0 bridgehead atoms. The number of benzene rings is 1. The van der Waals surface area contributed by atoms with Crippen molar-refractivity contribution < 1.29 is 14.3 Å². The molecule has 90 valence electrons. The summed E-state index contributed by atoms with van der Waals surface area (Å²) in [5.41, 5.74) is 5.25. The summed E-state index contributed by atoms with van der Waals surface area (Å²) in [6.45, 7) is 1.15. The Balaban J connectivity index is 0.000000325. The monoisotopic (exact) mass is 245 g/mol. The van der Waals surface area contributed by atoms with Crippen LogP contribution in [0.15, 0.2) is 30.3 Å². The number of nitrogens with two attached hydrogens (primary N) is 1. The molecule has 5 heteroatoms. The van der Waals surface area contributed by atoms with E-state index in [0.29, 0.717) is 13.2 Å². The highest BCUT2D eigenvalue weighted by molar-refractivity contribution is 6.63. The Labute approximate surface area is 100 Å². The predicted molar refractivity (Wildman–Crippen MR) is 63.7 cm³/mol. The molecule has 0 spiro atoms. The van der Waals surface area contributed by atoms with Gasteiger partial charge in [0.05, 0.1) is 0 Å². The summed E-state index contributed by atoms with van der Waals surface area (Å²) < 4.78 is 9.55. The minimum Gasteiger partial charge on any atom is -0.492 e. The first-order valence-corrected chi connectivity index (χ1v) is 5.13. The molecular weight excluding hydrogens is 230 g/mol. The molecule has 0 aliphatic heterocycles. The zero-order valence-electron chi connectivity index (χ0n) is 9.19. The highest BCUT2D eigenvalue weighted by atomic mass is 35.5. The lowest BCUT2D eigenvalue weighted by atomic mass is 10.3. The Hall–Kier alpha value is -1.10. The molecule has 0 aliphatic carbocycles. The molecule has 2 N–H and O–H groups in total. The first-order valence-electron chi connectivity index (χ1n) is 4.76. The van der Waals surface area contributed by atoms with Crippen molar-refractivity contribution in [1.82, 2.24) is 0 Å². The second-order valence-corrected chi connectivity index (χ2v) is 3.16. The fourth-order valence-electron chi connectivity index (χ4n) is 0.807. The number of carbonyl (C=O) groups excluding carboxylic acids is 1. The second kappa shape index (κ2) is 10.4. The van der Waals surface area contributed by atoms with Crippen LogP contribution in [-0.2, 0) is 9.53 Å². The molecular formula is C11H16ClNO3. The molecule has 0 fully saturated rings. The minimum atomic E-state index is -0.461. The second-order valence-electron chi connectivity index (χ2n) is 2.74. The van der Waals surface area contributed by atoms with E-state index in [1.807, 2.05) is 30.3 Å². The largest absolute Gasteiger partial charge is 0.492 e. The van der Waals surface area contributed by atoms with Gasteiger partial charge in [0.1, 0.15) is 19.0 Å². The molecule has 0 amide bonds. The molecule has 0 heterocycles. The van der Waals surface area contributed by atoms with Crippen LogP contribution in [-0.4, -0.2) is 32.1 Å². The van der Waals surface area contributed by atoms with Gasteiger partial charge in [-0.3, -0.25) is 4.79 Å². The number of hydrogen-bond donors (Lipinski definition) is 1. The number of methoxy groups -OCH3 is 1. The third-order valence-corrected chi connectivity index (χ3v) is 1.50. The van der Waals surface area contributed by atoms with Gasteiger partial charge in [-0.1, -0.05) is 18.2 Å². The molecule has 1 aromatic carbocycles. The predicted octanol–water partition coefficient (Wildman–Crippen LogP) is 1.42. The number of halogens is 1. The van der Waals surface area contributed by atoms with E-state index in [-0.39, 0.29) is 6.61 Å². The van der Waals surface area contributed by atoms with Gasteiger partial charge < -0.3 is 15.2 Å². The quantitative estimate of drug-likeness (QED) is 0.797. The molecule has 4 nitrogen and oxygen atoms in total. The summed E-state index contributed by atoms with van der Waals surface area (Å²) in [4.78, 5) is 9.68. The normalized spacial score (nSPS) is 8.94. The maximum atomic E-state index is 9.68. The summed E-state index contributed by atoms with van der Waals surface area (Å²) in [5.74, 6) is 0.882. The van der Waals surface area contributed by atoms with E-state index >= 15 is 0 Å². The maximum absolute atomic E-state index is 9.68. The Bertz CT molecular complexity index is 280. The average molecular weight is 246 g/mol. The zero-order chi connectivity index (χ0) is 12.2. The van der Waals surface area contributed by atoms with Crippen LogP contribution in [0.5, 0.6) is 5.75 Å². The number of rotatable bonds is 5. The van der Waals surface area contributed by atoms with Gasteiger partial charge in [0.25, 0.3) is 0 Å². The van der Waals surface area contributed by atoms with Gasteiger partial charge in [-0.15, -0.1) is 0 Å². The molecule has 1 aromatic rings.